The maximum atomic E-state index is 13.4. The van der Waals surface area contributed by atoms with E-state index in [1.54, 1.807) is 0 Å². The van der Waals surface area contributed by atoms with E-state index >= 15 is 0 Å². The molecule has 2 heterocycles. The largest absolute Gasteiger partial charge is 0.481 e. The lowest BCUT2D eigenvalue weighted by atomic mass is 9.97. The molecule has 1 N–H and O–H groups in total. The Kier molecular flexibility index (Phi) is 8.48. The van der Waals surface area contributed by atoms with E-state index in [4.69, 9.17) is 38.3 Å². The first kappa shape index (κ1) is 27.2. The number of halogens is 2. The number of aromatic nitrogens is 2. The van der Waals surface area contributed by atoms with Crippen LogP contribution in [0, 0.1) is 0 Å². The molecule has 0 saturated carbocycles. The van der Waals surface area contributed by atoms with Crippen molar-refractivity contribution >= 4 is 57.4 Å². The van der Waals surface area contributed by atoms with Crippen LogP contribution in [0.2, 0.25) is 5.02 Å². The van der Waals surface area contributed by atoms with Gasteiger partial charge in [0, 0.05) is 43.2 Å². The van der Waals surface area contributed by atoms with Gasteiger partial charge in [-0.1, -0.05) is 41.4 Å². The summed E-state index contributed by atoms with van der Waals surface area (Å²) >= 11 is 12.5. The Bertz CT molecular complexity index is 1460. The van der Waals surface area contributed by atoms with Gasteiger partial charge in [-0.3, -0.25) is 9.59 Å². The maximum absolute atomic E-state index is 13.4. The van der Waals surface area contributed by atoms with Crippen molar-refractivity contribution in [2.75, 3.05) is 31.1 Å². The van der Waals surface area contributed by atoms with Crippen LogP contribution < -0.4 is 4.90 Å². The number of amides is 1. The fourth-order valence-corrected chi connectivity index (χ4v) is 5.49. The number of rotatable bonds is 8. The van der Waals surface area contributed by atoms with Gasteiger partial charge in [0.1, 0.15) is 0 Å². The Labute approximate surface area is 237 Å². The third-order valence-corrected chi connectivity index (χ3v) is 7.83. The van der Waals surface area contributed by atoms with Crippen LogP contribution in [0.25, 0.3) is 16.6 Å². The van der Waals surface area contributed by atoms with Crippen molar-refractivity contribution in [2.45, 2.75) is 38.5 Å². The number of anilines is 1. The number of para-hydroxylation sites is 1. The smallest absolute Gasteiger partial charge is 0.303 e. The van der Waals surface area contributed by atoms with E-state index in [1.165, 1.54) is 0 Å². The van der Waals surface area contributed by atoms with Gasteiger partial charge in [0.2, 0.25) is 0 Å². The second-order valence-corrected chi connectivity index (χ2v) is 10.8. The minimum absolute atomic E-state index is 0.0284. The maximum Gasteiger partial charge on any atom is 0.303 e. The second-order valence-electron chi connectivity index (χ2n) is 9.86. The van der Waals surface area contributed by atoms with Gasteiger partial charge in [0.25, 0.3) is 5.91 Å². The number of carboxylic acid groups (broad SMARTS) is 1. The Hall–Kier alpha value is -3.42. The summed E-state index contributed by atoms with van der Waals surface area (Å²) in [5, 5.41) is 10.5. The Morgan fingerprint density at radius 3 is 2.41 bits per heavy atom. The molecule has 9 heteroatoms. The Morgan fingerprint density at radius 2 is 1.69 bits per heavy atom. The average molecular weight is 566 g/mol. The topological polar surface area (TPSA) is 86.6 Å². The molecule has 0 atom stereocenters. The molecule has 1 aliphatic carbocycles. The Morgan fingerprint density at radius 1 is 0.897 bits per heavy atom. The van der Waals surface area contributed by atoms with Crippen LogP contribution in [0.5, 0.6) is 0 Å². The minimum Gasteiger partial charge on any atom is -0.481 e. The number of carbonyl (C=O) groups excluding carboxylic acids is 1. The second kappa shape index (κ2) is 12.2. The molecule has 5 rings (SSSR count). The van der Waals surface area contributed by atoms with Crippen molar-refractivity contribution in [3.63, 3.8) is 0 Å². The lowest BCUT2D eigenvalue weighted by Crippen LogP contribution is -2.48. The van der Waals surface area contributed by atoms with Crippen LogP contribution in [0.3, 0.4) is 0 Å². The van der Waals surface area contributed by atoms with E-state index in [2.05, 4.69) is 4.90 Å². The van der Waals surface area contributed by atoms with Gasteiger partial charge in [0.15, 0.2) is 0 Å². The zero-order valence-electron chi connectivity index (χ0n) is 21.6. The van der Waals surface area contributed by atoms with Gasteiger partial charge in [-0.2, -0.15) is 0 Å². The number of unbranched alkanes of at least 4 members (excludes halogenated alkanes) is 1. The van der Waals surface area contributed by atoms with Crippen molar-refractivity contribution in [3.05, 3.63) is 81.6 Å². The fraction of sp³-hybridized carbons (Fsp3) is 0.333. The van der Waals surface area contributed by atoms with Crippen molar-refractivity contribution in [1.82, 2.24) is 14.9 Å². The van der Waals surface area contributed by atoms with Gasteiger partial charge in [-0.05, 0) is 74.1 Å². The number of carboxylic acids is 1. The zero-order valence-corrected chi connectivity index (χ0v) is 23.1. The first-order valence-electron chi connectivity index (χ1n) is 13.3. The van der Waals surface area contributed by atoms with E-state index in [0.29, 0.717) is 61.5 Å². The molecule has 0 unspecified atom stereocenters. The number of nitrogens with zero attached hydrogens (tertiary/aromatic N) is 4. The molecule has 1 amide bonds. The number of benzene rings is 2. The summed E-state index contributed by atoms with van der Waals surface area (Å²) < 4.78 is 0. The number of aliphatic carboxylic acids is 1. The van der Waals surface area contributed by atoms with Gasteiger partial charge in [0.05, 0.1) is 33.1 Å². The zero-order chi connectivity index (χ0) is 27.4. The molecule has 0 spiro atoms. The summed E-state index contributed by atoms with van der Waals surface area (Å²) in [6.45, 7) is 2.62. The number of carbonyl (C=O) groups is 2. The molecule has 2 aliphatic rings. The molecule has 1 aromatic heterocycles. The summed E-state index contributed by atoms with van der Waals surface area (Å²) in [6, 6.07) is 13.3. The highest BCUT2D eigenvalue weighted by atomic mass is 35.5. The van der Waals surface area contributed by atoms with E-state index in [0.717, 1.165) is 46.0 Å². The molecule has 7 nitrogen and oxygen atoms in total. The summed E-state index contributed by atoms with van der Waals surface area (Å²) in [5.74, 6) is -0.829. The van der Waals surface area contributed by atoms with E-state index in [9.17, 15) is 9.59 Å². The van der Waals surface area contributed by atoms with Crippen LogP contribution in [0.1, 0.15) is 53.8 Å². The predicted octanol–water partition coefficient (Wildman–Crippen LogP) is 6.34. The summed E-state index contributed by atoms with van der Waals surface area (Å²) in [4.78, 5) is 38.3. The third kappa shape index (κ3) is 6.43. The van der Waals surface area contributed by atoms with Crippen molar-refractivity contribution in [1.29, 1.82) is 0 Å². The van der Waals surface area contributed by atoms with E-state index < -0.39 is 5.97 Å². The van der Waals surface area contributed by atoms with Crippen molar-refractivity contribution in [3.8, 4) is 0 Å². The summed E-state index contributed by atoms with van der Waals surface area (Å²) in [5.41, 5.74) is 5.68. The van der Waals surface area contributed by atoms with Crippen LogP contribution in [-0.4, -0.2) is 58.0 Å². The van der Waals surface area contributed by atoms with Crippen molar-refractivity contribution in [2.24, 2.45) is 0 Å². The number of allylic oxidation sites excluding steroid dienone is 4. The average Bonchev–Trinajstić information content (AvgIpc) is 2.95. The lowest BCUT2D eigenvalue weighted by Gasteiger charge is -2.36. The molecule has 0 bridgehead atoms. The quantitative estimate of drug-likeness (QED) is 0.321. The molecule has 3 aromatic rings. The van der Waals surface area contributed by atoms with Crippen LogP contribution in [-0.2, 0) is 11.2 Å². The molecule has 39 heavy (non-hydrogen) atoms. The van der Waals surface area contributed by atoms with Crippen molar-refractivity contribution < 1.29 is 14.7 Å². The Balaban J connectivity index is 1.36. The minimum atomic E-state index is -0.801. The highest BCUT2D eigenvalue weighted by Gasteiger charge is 2.24. The van der Waals surface area contributed by atoms with Crippen LogP contribution >= 0.6 is 23.2 Å². The summed E-state index contributed by atoms with van der Waals surface area (Å²) in [6.07, 6.45) is 7.41. The number of piperazine rings is 1. The highest BCUT2D eigenvalue weighted by molar-refractivity contribution is 6.33. The van der Waals surface area contributed by atoms with E-state index in [-0.39, 0.29) is 12.3 Å². The molecular weight excluding hydrogens is 535 g/mol. The number of aryl methyl sites for hydroxylation is 1. The third-order valence-electron chi connectivity index (χ3n) is 7.20. The normalized spacial score (nSPS) is 15.7. The lowest BCUT2D eigenvalue weighted by molar-refractivity contribution is -0.137. The number of hydrogen-bond acceptors (Lipinski definition) is 5. The molecule has 1 saturated heterocycles. The van der Waals surface area contributed by atoms with E-state index in [1.807, 2.05) is 59.5 Å². The van der Waals surface area contributed by atoms with Gasteiger partial charge in [-0.15, -0.1) is 0 Å². The highest BCUT2D eigenvalue weighted by Crippen LogP contribution is 2.31. The predicted molar refractivity (Wildman–Crippen MR) is 155 cm³/mol. The number of hydrogen-bond donors (Lipinski definition) is 1. The molecule has 0 radical (unpaired) electrons. The molecule has 1 fully saturated rings. The first-order chi connectivity index (χ1) is 18.9. The summed E-state index contributed by atoms with van der Waals surface area (Å²) in [7, 11) is 0. The fourth-order valence-electron chi connectivity index (χ4n) is 5.07. The number of fused-ring (bicyclic) bond motifs is 1. The van der Waals surface area contributed by atoms with Gasteiger partial charge >= 0.3 is 5.97 Å². The molecule has 2 aromatic carbocycles. The first-order valence-corrected chi connectivity index (χ1v) is 14.0. The van der Waals surface area contributed by atoms with Crippen LogP contribution in [0.4, 0.5) is 5.69 Å². The SMILES string of the molecule is O=C(O)CCCCc1nc2cc(C(=O)N3CCN(c4ccccc4Cl)CC3)ccc2nc1C1=CC=C(Cl)CC1. The molecule has 1 aliphatic heterocycles. The monoisotopic (exact) mass is 564 g/mol. The van der Waals surface area contributed by atoms with Gasteiger partial charge in [-0.25, -0.2) is 9.97 Å². The molecular formula is C30H30Cl2N4O3. The van der Waals surface area contributed by atoms with Gasteiger partial charge < -0.3 is 14.9 Å². The standard InChI is InChI=1S/C30H30Cl2N4O3/c31-22-12-9-20(10-13-22)29-25(6-2-4-8-28(37)38)33-26-19-21(11-14-24(26)34-29)30(39)36-17-15-35(16-18-36)27-7-3-1-5-23(27)32/h1,3,5,7,9,11-12,14,19H,2,4,6,8,10,13,15-18H2,(H,37,38). The molecule has 202 valence electrons. The van der Waals surface area contributed by atoms with Crippen LogP contribution in [0.15, 0.2) is 59.6 Å².